The number of amides is 1. The lowest BCUT2D eigenvalue weighted by Crippen LogP contribution is -2.52. The molecular weight excluding hydrogens is 246 g/mol. The maximum Gasteiger partial charge on any atom is 0.259 e. The Kier molecular flexibility index (Phi) is 3.95. The molecule has 4 N–H and O–H groups in total. The van der Waals surface area contributed by atoms with Gasteiger partial charge in [0.1, 0.15) is 17.1 Å². The second kappa shape index (κ2) is 5.48. The van der Waals surface area contributed by atoms with Crippen molar-refractivity contribution in [2.45, 2.75) is 37.6 Å². The highest BCUT2D eigenvalue weighted by molar-refractivity contribution is 5.99. The van der Waals surface area contributed by atoms with E-state index < -0.39 is 11.4 Å². The average Bonchev–Trinajstić information content (AvgIpc) is 2.39. The summed E-state index contributed by atoms with van der Waals surface area (Å²) in [5.41, 5.74) is -0.773. The van der Waals surface area contributed by atoms with E-state index in [1.165, 1.54) is 18.2 Å². The molecule has 0 aromatic heterocycles. The van der Waals surface area contributed by atoms with E-state index in [9.17, 15) is 20.1 Å². The van der Waals surface area contributed by atoms with E-state index in [4.69, 9.17) is 0 Å². The van der Waals surface area contributed by atoms with Crippen LogP contribution in [0.15, 0.2) is 18.2 Å². The van der Waals surface area contributed by atoms with Gasteiger partial charge in [0.15, 0.2) is 0 Å². The van der Waals surface area contributed by atoms with Crippen LogP contribution in [0.4, 0.5) is 0 Å². The molecule has 0 aliphatic heterocycles. The van der Waals surface area contributed by atoms with Crippen molar-refractivity contribution in [3.05, 3.63) is 23.8 Å². The predicted octanol–water partition coefficient (Wildman–Crippen LogP) is 1.52. The SMILES string of the molecule is O=C(NC1(CO)CCCCC1)c1c(O)cccc1O. The maximum absolute atomic E-state index is 12.2. The third-order valence-corrected chi connectivity index (χ3v) is 3.74. The zero-order valence-corrected chi connectivity index (χ0v) is 10.7. The normalized spacial score (nSPS) is 17.9. The second-order valence-electron chi connectivity index (χ2n) is 5.12. The Bertz CT molecular complexity index is 446. The van der Waals surface area contributed by atoms with Crippen molar-refractivity contribution in [1.82, 2.24) is 5.32 Å². The molecule has 2 rings (SSSR count). The van der Waals surface area contributed by atoms with Crippen LogP contribution in [-0.2, 0) is 0 Å². The number of hydrogen-bond donors (Lipinski definition) is 4. The molecule has 0 radical (unpaired) electrons. The molecule has 1 aliphatic rings. The number of phenols is 2. The standard InChI is InChI=1S/C14H19NO4/c16-9-14(7-2-1-3-8-14)15-13(19)12-10(17)5-4-6-11(12)18/h4-6,16-18H,1-3,7-9H2,(H,15,19). The molecule has 0 atom stereocenters. The summed E-state index contributed by atoms with van der Waals surface area (Å²) in [6, 6.07) is 4.16. The predicted molar refractivity (Wildman–Crippen MR) is 70.1 cm³/mol. The molecule has 0 bridgehead atoms. The van der Waals surface area contributed by atoms with E-state index in [-0.39, 0.29) is 23.7 Å². The summed E-state index contributed by atoms with van der Waals surface area (Å²) in [5, 5.41) is 31.6. The van der Waals surface area contributed by atoms with Gasteiger partial charge in [0.25, 0.3) is 5.91 Å². The molecule has 19 heavy (non-hydrogen) atoms. The maximum atomic E-state index is 12.2. The van der Waals surface area contributed by atoms with E-state index in [0.29, 0.717) is 12.8 Å². The number of hydrogen-bond acceptors (Lipinski definition) is 4. The van der Waals surface area contributed by atoms with Crippen LogP contribution >= 0.6 is 0 Å². The second-order valence-corrected chi connectivity index (χ2v) is 5.12. The fourth-order valence-electron chi connectivity index (χ4n) is 2.62. The number of aliphatic hydroxyl groups excluding tert-OH is 1. The zero-order valence-electron chi connectivity index (χ0n) is 10.7. The van der Waals surface area contributed by atoms with E-state index in [1.807, 2.05) is 0 Å². The molecule has 1 amide bonds. The van der Waals surface area contributed by atoms with Crippen molar-refractivity contribution in [2.75, 3.05) is 6.61 Å². The van der Waals surface area contributed by atoms with Gasteiger partial charge in [-0.3, -0.25) is 4.79 Å². The van der Waals surface area contributed by atoms with Crippen molar-refractivity contribution in [1.29, 1.82) is 0 Å². The molecule has 5 nitrogen and oxygen atoms in total. The van der Waals surface area contributed by atoms with Crippen molar-refractivity contribution < 1.29 is 20.1 Å². The number of nitrogens with one attached hydrogen (secondary N) is 1. The Labute approximate surface area is 111 Å². The van der Waals surface area contributed by atoms with Crippen molar-refractivity contribution in [3.63, 3.8) is 0 Å². The third kappa shape index (κ3) is 2.81. The molecule has 5 heteroatoms. The number of rotatable bonds is 3. The van der Waals surface area contributed by atoms with Crippen LogP contribution < -0.4 is 5.32 Å². The van der Waals surface area contributed by atoms with Crippen LogP contribution in [0.1, 0.15) is 42.5 Å². The van der Waals surface area contributed by atoms with Gasteiger partial charge in [-0.1, -0.05) is 25.3 Å². The quantitative estimate of drug-likeness (QED) is 0.667. The molecule has 1 aliphatic carbocycles. The number of phenolic OH excluding ortho intramolecular Hbond substituents is 2. The first-order chi connectivity index (χ1) is 9.08. The van der Waals surface area contributed by atoms with E-state index in [1.54, 1.807) is 0 Å². The van der Waals surface area contributed by atoms with Crippen LogP contribution in [-0.4, -0.2) is 33.4 Å². The summed E-state index contributed by atoms with van der Waals surface area (Å²) >= 11 is 0. The smallest absolute Gasteiger partial charge is 0.259 e. The lowest BCUT2D eigenvalue weighted by molar-refractivity contribution is 0.0753. The average molecular weight is 265 g/mol. The molecule has 0 saturated heterocycles. The Morgan fingerprint density at radius 3 is 2.26 bits per heavy atom. The molecule has 0 heterocycles. The van der Waals surface area contributed by atoms with Gasteiger partial charge in [0.2, 0.25) is 0 Å². The molecule has 1 saturated carbocycles. The lowest BCUT2D eigenvalue weighted by atomic mass is 9.82. The summed E-state index contributed by atoms with van der Waals surface area (Å²) in [6.45, 7) is -0.132. The summed E-state index contributed by atoms with van der Waals surface area (Å²) in [5.74, 6) is -1.07. The van der Waals surface area contributed by atoms with Gasteiger partial charge in [-0.25, -0.2) is 0 Å². The Hall–Kier alpha value is -1.75. The van der Waals surface area contributed by atoms with Crippen LogP contribution in [0.5, 0.6) is 11.5 Å². The van der Waals surface area contributed by atoms with Gasteiger partial charge >= 0.3 is 0 Å². The molecular formula is C14H19NO4. The van der Waals surface area contributed by atoms with Crippen LogP contribution in [0.25, 0.3) is 0 Å². The van der Waals surface area contributed by atoms with Crippen molar-refractivity contribution >= 4 is 5.91 Å². The molecule has 104 valence electrons. The molecule has 1 aromatic carbocycles. The minimum Gasteiger partial charge on any atom is -0.507 e. The Morgan fingerprint density at radius 2 is 1.74 bits per heavy atom. The Balaban J connectivity index is 2.20. The molecule has 0 unspecified atom stereocenters. The zero-order chi connectivity index (χ0) is 13.9. The molecule has 0 spiro atoms. The van der Waals surface area contributed by atoms with Gasteiger partial charge in [0.05, 0.1) is 12.1 Å². The first kappa shape index (κ1) is 13.7. The number of aromatic hydroxyl groups is 2. The summed E-state index contributed by atoms with van der Waals surface area (Å²) in [6.07, 6.45) is 4.42. The molecule has 1 aromatic rings. The number of aliphatic hydroxyl groups is 1. The molecule has 1 fully saturated rings. The number of carbonyl (C=O) groups excluding carboxylic acids is 1. The topological polar surface area (TPSA) is 89.8 Å². The van der Waals surface area contributed by atoms with E-state index in [0.717, 1.165) is 19.3 Å². The van der Waals surface area contributed by atoms with Gasteiger partial charge < -0.3 is 20.6 Å². The fraction of sp³-hybridized carbons (Fsp3) is 0.500. The minimum atomic E-state index is -0.635. The van der Waals surface area contributed by atoms with Crippen LogP contribution in [0, 0.1) is 0 Å². The van der Waals surface area contributed by atoms with Gasteiger partial charge in [0, 0.05) is 0 Å². The van der Waals surface area contributed by atoms with Crippen LogP contribution in [0.2, 0.25) is 0 Å². The van der Waals surface area contributed by atoms with E-state index in [2.05, 4.69) is 5.32 Å². The van der Waals surface area contributed by atoms with Crippen LogP contribution in [0.3, 0.4) is 0 Å². The van der Waals surface area contributed by atoms with Crippen molar-refractivity contribution in [3.8, 4) is 11.5 Å². The third-order valence-electron chi connectivity index (χ3n) is 3.74. The van der Waals surface area contributed by atoms with Gasteiger partial charge in [-0.2, -0.15) is 0 Å². The van der Waals surface area contributed by atoms with Crippen molar-refractivity contribution in [2.24, 2.45) is 0 Å². The number of benzene rings is 1. The fourth-order valence-corrected chi connectivity index (χ4v) is 2.62. The first-order valence-corrected chi connectivity index (χ1v) is 6.52. The first-order valence-electron chi connectivity index (χ1n) is 6.52. The summed E-state index contributed by atoms with van der Waals surface area (Å²) in [7, 11) is 0. The Morgan fingerprint density at radius 1 is 1.16 bits per heavy atom. The van der Waals surface area contributed by atoms with E-state index >= 15 is 0 Å². The highest BCUT2D eigenvalue weighted by Crippen LogP contribution is 2.31. The number of carbonyl (C=O) groups is 1. The monoisotopic (exact) mass is 265 g/mol. The minimum absolute atomic E-state index is 0.132. The highest BCUT2D eigenvalue weighted by atomic mass is 16.3. The lowest BCUT2D eigenvalue weighted by Gasteiger charge is -2.36. The summed E-state index contributed by atoms with van der Waals surface area (Å²) < 4.78 is 0. The summed E-state index contributed by atoms with van der Waals surface area (Å²) in [4.78, 5) is 12.2. The van der Waals surface area contributed by atoms with Gasteiger partial charge in [-0.05, 0) is 25.0 Å². The highest BCUT2D eigenvalue weighted by Gasteiger charge is 2.34. The van der Waals surface area contributed by atoms with Gasteiger partial charge in [-0.15, -0.1) is 0 Å². The largest absolute Gasteiger partial charge is 0.507 e.